The van der Waals surface area contributed by atoms with E-state index < -0.39 is 38.7 Å². The van der Waals surface area contributed by atoms with E-state index in [4.69, 9.17) is 4.74 Å². The first-order chi connectivity index (χ1) is 16.4. The van der Waals surface area contributed by atoms with Gasteiger partial charge >= 0.3 is 12.1 Å². The number of ether oxygens (including phenoxy) is 1. The van der Waals surface area contributed by atoms with Crippen LogP contribution >= 0.6 is 11.3 Å². The standard InChI is InChI=1S/C26H29NO6S2/c1-25(2,3)33-24(30)27-13-12-26(17-23(28)29,35(31,32)15-14-27)22-11-10-21(34-22)20-9-8-18-6-4-5-7-19(18)16-20/h4-11,16H,12-15,17H2,1-3H3,(H,28,29). The molecule has 0 spiro atoms. The molecule has 1 atom stereocenters. The van der Waals surface area contributed by atoms with E-state index in [0.717, 1.165) is 21.2 Å². The van der Waals surface area contributed by atoms with Gasteiger partial charge in [0.2, 0.25) is 0 Å². The van der Waals surface area contributed by atoms with Gasteiger partial charge in [0.1, 0.15) is 10.3 Å². The molecule has 0 bridgehead atoms. The molecule has 2 aromatic carbocycles. The Balaban J connectivity index is 1.71. The van der Waals surface area contributed by atoms with Gasteiger partial charge < -0.3 is 14.7 Å². The molecule has 1 aliphatic rings. The highest BCUT2D eigenvalue weighted by atomic mass is 32.2. The molecule has 7 nitrogen and oxygen atoms in total. The number of aliphatic carboxylic acids is 1. The zero-order chi connectivity index (χ0) is 25.4. The molecule has 0 aliphatic carbocycles. The molecule has 1 unspecified atom stereocenters. The summed E-state index contributed by atoms with van der Waals surface area (Å²) in [7, 11) is -3.90. The van der Waals surface area contributed by atoms with Gasteiger partial charge in [0, 0.05) is 22.8 Å². The zero-order valence-corrected chi connectivity index (χ0v) is 21.6. The van der Waals surface area contributed by atoms with Gasteiger partial charge in [-0.05, 0) is 61.7 Å². The maximum absolute atomic E-state index is 13.6. The number of carboxylic acid groups (broad SMARTS) is 1. The Morgan fingerprint density at radius 3 is 2.46 bits per heavy atom. The fraction of sp³-hybridized carbons (Fsp3) is 0.385. The minimum Gasteiger partial charge on any atom is -0.481 e. The first-order valence-electron chi connectivity index (χ1n) is 11.4. The van der Waals surface area contributed by atoms with Crippen molar-refractivity contribution in [2.75, 3.05) is 18.8 Å². The van der Waals surface area contributed by atoms with Crippen molar-refractivity contribution in [3.05, 3.63) is 59.5 Å². The van der Waals surface area contributed by atoms with Gasteiger partial charge in [-0.1, -0.05) is 36.4 Å². The number of hydrogen-bond donors (Lipinski definition) is 1. The molecule has 1 N–H and O–H groups in total. The highest BCUT2D eigenvalue weighted by molar-refractivity contribution is 7.92. The number of sulfone groups is 1. The zero-order valence-electron chi connectivity index (χ0n) is 20.0. The predicted molar refractivity (Wildman–Crippen MR) is 137 cm³/mol. The quantitative estimate of drug-likeness (QED) is 0.506. The number of fused-ring (bicyclic) bond motifs is 1. The van der Waals surface area contributed by atoms with Crippen LogP contribution in [0.1, 0.15) is 38.5 Å². The lowest BCUT2D eigenvalue weighted by atomic mass is 9.97. The summed E-state index contributed by atoms with van der Waals surface area (Å²) in [6.45, 7) is 5.28. The van der Waals surface area contributed by atoms with Crippen molar-refractivity contribution < 1.29 is 27.9 Å². The molecular weight excluding hydrogens is 486 g/mol. The summed E-state index contributed by atoms with van der Waals surface area (Å²) >= 11 is 1.30. The van der Waals surface area contributed by atoms with Crippen molar-refractivity contribution in [3.8, 4) is 10.4 Å². The first kappa shape index (κ1) is 25.2. The maximum atomic E-state index is 13.6. The molecule has 3 aromatic rings. The fourth-order valence-corrected chi connectivity index (χ4v) is 8.00. The van der Waals surface area contributed by atoms with E-state index in [1.807, 2.05) is 48.5 Å². The molecule has 35 heavy (non-hydrogen) atoms. The van der Waals surface area contributed by atoms with Crippen LogP contribution in [0.5, 0.6) is 0 Å². The van der Waals surface area contributed by atoms with Crippen LogP contribution in [0.3, 0.4) is 0 Å². The molecule has 1 fully saturated rings. The van der Waals surface area contributed by atoms with Crippen LogP contribution in [0.4, 0.5) is 4.79 Å². The topological polar surface area (TPSA) is 101 Å². The normalized spacial score (nSPS) is 20.4. The van der Waals surface area contributed by atoms with Gasteiger partial charge in [-0.3, -0.25) is 4.79 Å². The Labute approximate surface area is 209 Å². The van der Waals surface area contributed by atoms with Crippen LogP contribution in [-0.4, -0.2) is 54.9 Å². The average molecular weight is 516 g/mol. The largest absolute Gasteiger partial charge is 0.481 e. The van der Waals surface area contributed by atoms with Crippen molar-refractivity contribution in [3.63, 3.8) is 0 Å². The summed E-state index contributed by atoms with van der Waals surface area (Å²) in [5.41, 5.74) is 0.218. The van der Waals surface area contributed by atoms with Crippen LogP contribution in [-0.2, 0) is 24.1 Å². The van der Waals surface area contributed by atoms with Gasteiger partial charge in [0.15, 0.2) is 9.84 Å². The lowest BCUT2D eigenvalue weighted by Crippen LogP contribution is -2.39. The molecule has 1 saturated heterocycles. The maximum Gasteiger partial charge on any atom is 0.410 e. The molecule has 1 aliphatic heterocycles. The fourth-order valence-electron chi connectivity index (χ4n) is 4.40. The number of hydrogen-bond acceptors (Lipinski definition) is 6. The van der Waals surface area contributed by atoms with Gasteiger partial charge in [-0.25, -0.2) is 13.2 Å². The molecule has 186 valence electrons. The highest BCUT2D eigenvalue weighted by Gasteiger charge is 2.50. The van der Waals surface area contributed by atoms with Crippen LogP contribution in [0.15, 0.2) is 54.6 Å². The van der Waals surface area contributed by atoms with Crippen LogP contribution < -0.4 is 0 Å². The summed E-state index contributed by atoms with van der Waals surface area (Å²) in [6.07, 6.45) is -1.17. The lowest BCUT2D eigenvalue weighted by molar-refractivity contribution is -0.137. The van der Waals surface area contributed by atoms with Crippen molar-refractivity contribution in [1.82, 2.24) is 4.90 Å². The van der Waals surface area contributed by atoms with E-state index in [-0.39, 0.29) is 25.3 Å². The molecule has 0 radical (unpaired) electrons. The Kier molecular flexibility index (Phi) is 6.68. The lowest BCUT2D eigenvalue weighted by Gasteiger charge is -2.30. The van der Waals surface area contributed by atoms with Crippen LogP contribution in [0.25, 0.3) is 21.2 Å². The van der Waals surface area contributed by atoms with Crippen molar-refractivity contribution in [2.45, 2.75) is 44.0 Å². The van der Waals surface area contributed by atoms with E-state index in [9.17, 15) is 23.1 Å². The van der Waals surface area contributed by atoms with Crippen LogP contribution in [0.2, 0.25) is 0 Å². The van der Waals surface area contributed by atoms with E-state index in [1.165, 1.54) is 16.2 Å². The average Bonchev–Trinajstić information content (AvgIpc) is 3.22. The van der Waals surface area contributed by atoms with Crippen LogP contribution in [0, 0.1) is 0 Å². The summed E-state index contributed by atoms with van der Waals surface area (Å²) in [4.78, 5) is 27.3. The van der Waals surface area contributed by atoms with E-state index in [1.54, 1.807) is 26.8 Å². The van der Waals surface area contributed by atoms with Gasteiger partial charge in [-0.15, -0.1) is 11.3 Å². The molecule has 2 heterocycles. The van der Waals surface area contributed by atoms with Gasteiger partial charge in [0.25, 0.3) is 0 Å². The number of carbonyl (C=O) groups excluding carboxylic acids is 1. The third kappa shape index (κ3) is 5.21. The van der Waals surface area contributed by atoms with Gasteiger partial charge in [-0.2, -0.15) is 0 Å². The Hall–Kier alpha value is -2.91. The molecular formula is C26H29NO6S2. The van der Waals surface area contributed by atoms with E-state index in [0.29, 0.717) is 4.88 Å². The number of carbonyl (C=O) groups is 2. The minimum absolute atomic E-state index is 0.0153. The smallest absolute Gasteiger partial charge is 0.410 e. The highest BCUT2D eigenvalue weighted by Crippen LogP contribution is 2.45. The Bertz CT molecular complexity index is 1370. The van der Waals surface area contributed by atoms with E-state index >= 15 is 0 Å². The van der Waals surface area contributed by atoms with Crippen molar-refractivity contribution in [2.24, 2.45) is 0 Å². The number of amides is 1. The minimum atomic E-state index is -3.90. The summed E-state index contributed by atoms with van der Waals surface area (Å²) in [6, 6.07) is 17.6. The summed E-state index contributed by atoms with van der Waals surface area (Å²) in [5, 5.41) is 11.9. The number of benzene rings is 2. The first-order valence-corrected chi connectivity index (χ1v) is 13.9. The predicted octanol–water partition coefficient (Wildman–Crippen LogP) is 5.29. The Morgan fingerprint density at radius 1 is 1.06 bits per heavy atom. The number of thiophene rings is 1. The van der Waals surface area contributed by atoms with Crippen molar-refractivity contribution >= 4 is 44.0 Å². The summed E-state index contributed by atoms with van der Waals surface area (Å²) in [5.74, 6) is -1.53. The SMILES string of the molecule is CC(C)(C)OC(=O)N1CCC(CC(=O)O)(c2ccc(-c3ccc4ccccc4c3)s2)S(=O)(=O)CC1. The van der Waals surface area contributed by atoms with Gasteiger partial charge in [0.05, 0.1) is 12.2 Å². The number of rotatable bonds is 4. The summed E-state index contributed by atoms with van der Waals surface area (Å²) < 4.78 is 31.0. The van der Waals surface area contributed by atoms with E-state index in [2.05, 4.69) is 0 Å². The van der Waals surface area contributed by atoms with Crippen molar-refractivity contribution in [1.29, 1.82) is 0 Å². The molecule has 1 aromatic heterocycles. The number of carboxylic acids is 1. The molecule has 9 heteroatoms. The molecule has 4 rings (SSSR count). The Morgan fingerprint density at radius 2 is 1.77 bits per heavy atom. The third-order valence-corrected chi connectivity index (χ3v) is 10.1. The third-order valence-electron chi connectivity index (χ3n) is 6.19. The molecule has 1 amide bonds. The molecule has 0 saturated carbocycles. The number of nitrogens with zero attached hydrogens (tertiary/aromatic N) is 1. The second kappa shape index (κ2) is 9.28. The second-order valence-electron chi connectivity index (χ2n) is 9.83. The monoisotopic (exact) mass is 515 g/mol. The second-order valence-corrected chi connectivity index (χ2v) is 13.3.